The maximum Gasteiger partial charge on any atom is 0.159 e. The molecule has 0 saturated heterocycles. The quantitative estimate of drug-likeness (QED) is 0.452. The highest BCUT2D eigenvalue weighted by molar-refractivity contribution is 5.90. The van der Waals surface area contributed by atoms with E-state index < -0.39 is 0 Å². The minimum atomic E-state index is 0.698. The zero-order valence-electron chi connectivity index (χ0n) is 13.4. The topological polar surface area (TPSA) is 63.1 Å². The van der Waals surface area contributed by atoms with Gasteiger partial charge in [0.05, 0.1) is 17.4 Å². The average Bonchev–Trinajstić information content (AvgIpc) is 2.69. The summed E-state index contributed by atoms with van der Waals surface area (Å²) in [7, 11) is 0. The molecule has 5 heteroatoms. The van der Waals surface area contributed by atoms with Crippen molar-refractivity contribution in [2.45, 2.75) is 0 Å². The highest BCUT2D eigenvalue weighted by Gasteiger charge is 2.01. The molecule has 4 aromatic rings. The lowest BCUT2D eigenvalue weighted by molar-refractivity contribution is 1.17. The van der Waals surface area contributed by atoms with Crippen molar-refractivity contribution in [2.24, 2.45) is 5.10 Å². The van der Waals surface area contributed by atoms with Gasteiger partial charge in [0.1, 0.15) is 0 Å². The molecule has 2 aromatic carbocycles. The Bertz CT molecular complexity index is 1010. The van der Waals surface area contributed by atoms with Gasteiger partial charge in [-0.3, -0.25) is 10.4 Å². The lowest BCUT2D eigenvalue weighted by atomic mass is 10.2. The van der Waals surface area contributed by atoms with E-state index in [-0.39, 0.29) is 0 Å². The monoisotopic (exact) mass is 325 g/mol. The molecule has 0 spiro atoms. The van der Waals surface area contributed by atoms with E-state index in [2.05, 4.69) is 25.5 Å². The maximum atomic E-state index is 4.39. The first-order chi connectivity index (χ1) is 12.4. The summed E-state index contributed by atoms with van der Waals surface area (Å²) < 4.78 is 0. The van der Waals surface area contributed by atoms with Crippen LogP contribution in [0.1, 0.15) is 5.56 Å². The molecule has 0 aliphatic heterocycles. The molecule has 2 aromatic heterocycles. The third-order valence-electron chi connectivity index (χ3n) is 3.74. The normalized spacial score (nSPS) is 11.0. The number of hydrazone groups is 1. The third-order valence-corrected chi connectivity index (χ3v) is 3.74. The Kier molecular flexibility index (Phi) is 4.12. The van der Waals surface area contributed by atoms with Crippen molar-refractivity contribution in [3.63, 3.8) is 0 Å². The minimum Gasteiger partial charge on any atom is -0.276 e. The molecule has 0 atom stereocenters. The Balaban J connectivity index is 1.50. The van der Waals surface area contributed by atoms with Gasteiger partial charge in [0.25, 0.3) is 0 Å². The van der Waals surface area contributed by atoms with Crippen molar-refractivity contribution < 1.29 is 0 Å². The van der Waals surface area contributed by atoms with E-state index in [1.165, 1.54) is 0 Å². The summed E-state index contributed by atoms with van der Waals surface area (Å²) in [5, 5.41) is 5.34. The molecular weight excluding hydrogens is 310 g/mol. The van der Waals surface area contributed by atoms with Crippen molar-refractivity contribution in [2.75, 3.05) is 5.43 Å². The molecule has 0 amide bonds. The molecule has 0 aliphatic carbocycles. The van der Waals surface area contributed by atoms with Gasteiger partial charge in [-0.25, -0.2) is 9.97 Å². The molecule has 0 aliphatic rings. The number of anilines is 1. The number of para-hydroxylation sites is 1. The van der Waals surface area contributed by atoms with Crippen LogP contribution < -0.4 is 5.43 Å². The van der Waals surface area contributed by atoms with Crippen LogP contribution in [0.25, 0.3) is 22.3 Å². The molecule has 1 N–H and O–H groups in total. The fraction of sp³-hybridized carbons (Fsp3) is 0. The number of hydrogen-bond donors (Lipinski definition) is 1. The predicted molar refractivity (Wildman–Crippen MR) is 100 cm³/mol. The van der Waals surface area contributed by atoms with Crippen LogP contribution in [0.3, 0.4) is 0 Å². The van der Waals surface area contributed by atoms with Gasteiger partial charge in [-0.1, -0.05) is 48.5 Å². The number of benzene rings is 2. The van der Waals surface area contributed by atoms with Gasteiger partial charge < -0.3 is 0 Å². The van der Waals surface area contributed by atoms with E-state index in [9.17, 15) is 0 Å². The largest absolute Gasteiger partial charge is 0.276 e. The van der Waals surface area contributed by atoms with E-state index in [0.717, 1.165) is 27.7 Å². The lowest BCUT2D eigenvalue weighted by Crippen LogP contribution is -1.95. The van der Waals surface area contributed by atoms with Crippen LogP contribution in [-0.4, -0.2) is 21.2 Å². The van der Waals surface area contributed by atoms with E-state index >= 15 is 0 Å². The molecule has 0 unspecified atom stereocenters. The first-order valence-electron chi connectivity index (χ1n) is 7.90. The molecule has 120 valence electrons. The van der Waals surface area contributed by atoms with E-state index in [0.29, 0.717) is 5.82 Å². The Morgan fingerprint density at radius 2 is 1.60 bits per heavy atom. The van der Waals surface area contributed by atoms with Crippen LogP contribution in [-0.2, 0) is 0 Å². The standard InChI is InChI=1S/C20H15N5/c1-2-6-17(7-3-1)20-22-12-15(13-23-20)14-24-25-18-10-4-8-16-9-5-11-21-19(16)18/h1-14,25H. The zero-order valence-corrected chi connectivity index (χ0v) is 13.4. The van der Waals surface area contributed by atoms with Crippen LogP contribution in [0.2, 0.25) is 0 Å². The number of nitrogens with zero attached hydrogens (tertiary/aromatic N) is 4. The summed E-state index contributed by atoms with van der Waals surface area (Å²) in [6.07, 6.45) is 6.97. The number of rotatable bonds is 4. The Morgan fingerprint density at radius 3 is 2.44 bits per heavy atom. The predicted octanol–water partition coefficient (Wildman–Crippen LogP) is 4.14. The van der Waals surface area contributed by atoms with Gasteiger partial charge in [0.2, 0.25) is 0 Å². The Labute approximate surface area is 145 Å². The first-order valence-corrected chi connectivity index (χ1v) is 7.90. The number of hydrogen-bond acceptors (Lipinski definition) is 5. The fourth-order valence-electron chi connectivity index (χ4n) is 2.51. The molecular formula is C20H15N5. The van der Waals surface area contributed by atoms with E-state index in [4.69, 9.17) is 0 Å². The molecule has 2 heterocycles. The molecule has 4 rings (SSSR count). The highest BCUT2D eigenvalue weighted by atomic mass is 15.3. The maximum absolute atomic E-state index is 4.39. The number of nitrogens with one attached hydrogen (secondary N) is 1. The van der Waals surface area contributed by atoms with Crippen LogP contribution in [0.4, 0.5) is 5.69 Å². The molecule has 0 bridgehead atoms. The fourth-order valence-corrected chi connectivity index (χ4v) is 2.51. The van der Waals surface area contributed by atoms with Gasteiger partial charge in [-0.05, 0) is 12.1 Å². The van der Waals surface area contributed by atoms with Crippen molar-refractivity contribution >= 4 is 22.8 Å². The number of pyridine rings is 1. The smallest absolute Gasteiger partial charge is 0.159 e. The van der Waals surface area contributed by atoms with Gasteiger partial charge in [-0.2, -0.15) is 5.10 Å². The Hall–Kier alpha value is -3.60. The summed E-state index contributed by atoms with van der Waals surface area (Å²) in [6.45, 7) is 0. The molecule has 5 nitrogen and oxygen atoms in total. The van der Waals surface area contributed by atoms with Crippen molar-refractivity contribution in [3.05, 3.63) is 84.8 Å². The molecule has 0 radical (unpaired) electrons. The molecule has 0 saturated carbocycles. The summed E-state index contributed by atoms with van der Waals surface area (Å²) in [4.78, 5) is 13.2. The van der Waals surface area contributed by atoms with Crippen molar-refractivity contribution in [1.29, 1.82) is 0 Å². The van der Waals surface area contributed by atoms with E-state index in [1.54, 1.807) is 24.8 Å². The van der Waals surface area contributed by atoms with Gasteiger partial charge in [0.15, 0.2) is 5.82 Å². The summed E-state index contributed by atoms with van der Waals surface area (Å²) in [5.41, 5.74) is 6.59. The second-order valence-electron chi connectivity index (χ2n) is 5.46. The van der Waals surface area contributed by atoms with Crippen LogP contribution in [0.15, 0.2) is 84.4 Å². The number of fused-ring (bicyclic) bond motifs is 1. The summed E-state index contributed by atoms with van der Waals surface area (Å²) in [5.74, 6) is 0.698. The highest BCUT2D eigenvalue weighted by Crippen LogP contribution is 2.20. The van der Waals surface area contributed by atoms with Gasteiger partial charge >= 0.3 is 0 Å². The van der Waals surface area contributed by atoms with Crippen LogP contribution in [0, 0.1) is 0 Å². The zero-order chi connectivity index (χ0) is 16.9. The number of aromatic nitrogens is 3. The van der Waals surface area contributed by atoms with Crippen molar-refractivity contribution in [3.8, 4) is 11.4 Å². The second-order valence-corrected chi connectivity index (χ2v) is 5.46. The van der Waals surface area contributed by atoms with Crippen LogP contribution in [0.5, 0.6) is 0 Å². The third kappa shape index (κ3) is 3.35. The van der Waals surface area contributed by atoms with Crippen molar-refractivity contribution in [1.82, 2.24) is 15.0 Å². The molecule has 25 heavy (non-hydrogen) atoms. The Morgan fingerprint density at radius 1 is 0.800 bits per heavy atom. The summed E-state index contributed by atoms with van der Waals surface area (Å²) >= 11 is 0. The second kappa shape index (κ2) is 6.88. The lowest BCUT2D eigenvalue weighted by Gasteiger charge is -2.04. The minimum absolute atomic E-state index is 0.698. The van der Waals surface area contributed by atoms with Gasteiger partial charge in [0, 0.05) is 35.1 Å². The summed E-state index contributed by atoms with van der Waals surface area (Å²) in [6, 6.07) is 19.8. The first kappa shape index (κ1) is 15.0. The van der Waals surface area contributed by atoms with E-state index in [1.807, 2.05) is 60.7 Å². The van der Waals surface area contributed by atoms with Gasteiger partial charge in [-0.15, -0.1) is 0 Å². The van der Waals surface area contributed by atoms with Crippen LogP contribution >= 0.6 is 0 Å². The SMILES string of the molecule is C(=NNc1cccc2cccnc12)c1cnc(-c2ccccc2)nc1. The average molecular weight is 325 g/mol. The molecule has 0 fully saturated rings.